The Morgan fingerprint density at radius 3 is 2.12 bits per heavy atom. The zero-order valence-corrected chi connectivity index (χ0v) is 23.3. The molecule has 186 valence electrons. The van der Waals surface area contributed by atoms with E-state index in [2.05, 4.69) is 17.9 Å². The Morgan fingerprint density at radius 2 is 1.67 bits per heavy atom. The fourth-order valence-corrected chi connectivity index (χ4v) is 5.89. The number of rotatable bonds is 9. The molecule has 0 atom stereocenters. The van der Waals surface area contributed by atoms with Gasteiger partial charge in [-0.2, -0.15) is 0 Å². The molecule has 0 aliphatic carbocycles. The summed E-state index contributed by atoms with van der Waals surface area (Å²) in [5, 5.41) is 1.15. The maximum atomic E-state index is 12.0. The van der Waals surface area contributed by atoms with Crippen molar-refractivity contribution < 1.29 is 14.3 Å². The molecule has 0 spiro atoms. The van der Waals surface area contributed by atoms with E-state index < -0.39 is 0 Å². The molecule has 4 nitrogen and oxygen atoms in total. The molecule has 0 aromatic carbocycles. The molecule has 33 heavy (non-hydrogen) atoms. The number of anilines is 1. The summed E-state index contributed by atoms with van der Waals surface area (Å²) in [5.74, 6) is 0.413. The first-order chi connectivity index (χ1) is 15.6. The average molecular weight is 496 g/mol. The molecule has 2 rings (SSSR count). The molecule has 0 N–H and O–H groups in total. The van der Waals surface area contributed by atoms with Gasteiger partial charge in [0.25, 0.3) is 0 Å². The predicted octanol–water partition coefficient (Wildman–Crippen LogP) is 7.97. The second-order valence-electron chi connectivity index (χ2n) is 8.60. The number of halogens is 1. The standard InChI is InChI=1S/C15H22ClNO2S.C12H20O/c1-4-12(18)13-10(3)15(20-14(13)16)17(5-2)11-6-8-19-9-7-11;1-6-11(12(13)7-2)10(5)8-9(3)4/h11H,4-9H2,1-3H3;8H,6-7H2,1-5H3/b;11-10-. The molecular formula is C27H42ClNO3S. The van der Waals surface area contributed by atoms with E-state index in [-0.39, 0.29) is 11.6 Å². The summed E-state index contributed by atoms with van der Waals surface area (Å²) in [6.45, 7) is 18.7. The third-order valence-electron chi connectivity index (χ3n) is 5.90. The highest BCUT2D eigenvalue weighted by molar-refractivity contribution is 7.20. The first-order valence-electron chi connectivity index (χ1n) is 12.2. The predicted molar refractivity (Wildman–Crippen MR) is 143 cm³/mol. The van der Waals surface area contributed by atoms with E-state index >= 15 is 0 Å². The van der Waals surface area contributed by atoms with Crippen molar-refractivity contribution in [1.82, 2.24) is 0 Å². The highest BCUT2D eigenvalue weighted by atomic mass is 35.5. The van der Waals surface area contributed by atoms with Crippen LogP contribution in [0.25, 0.3) is 0 Å². The number of hydrogen-bond donors (Lipinski definition) is 0. The smallest absolute Gasteiger partial charge is 0.165 e. The van der Waals surface area contributed by atoms with E-state index in [1.807, 2.05) is 48.5 Å². The Morgan fingerprint density at radius 1 is 1.06 bits per heavy atom. The van der Waals surface area contributed by atoms with Crippen molar-refractivity contribution in [2.45, 2.75) is 93.5 Å². The molecule has 2 heterocycles. The maximum absolute atomic E-state index is 12.0. The monoisotopic (exact) mass is 495 g/mol. The summed E-state index contributed by atoms with van der Waals surface area (Å²) in [6.07, 6.45) is 6.10. The van der Waals surface area contributed by atoms with Gasteiger partial charge in [-0.1, -0.05) is 44.0 Å². The minimum Gasteiger partial charge on any atom is -0.381 e. The minimum atomic E-state index is 0.137. The third-order valence-corrected chi connectivity index (χ3v) is 7.44. The number of carbonyl (C=O) groups excluding carboxylic acids is 2. The van der Waals surface area contributed by atoms with Gasteiger partial charge in [-0.25, -0.2) is 0 Å². The number of nitrogens with zero attached hydrogens (tertiary/aromatic N) is 1. The van der Waals surface area contributed by atoms with Gasteiger partial charge in [0.05, 0.1) is 10.6 Å². The number of hydrogen-bond acceptors (Lipinski definition) is 5. The number of ketones is 2. The van der Waals surface area contributed by atoms with Crippen molar-refractivity contribution in [3.05, 3.63) is 38.3 Å². The van der Waals surface area contributed by atoms with Crippen LogP contribution < -0.4 is 4.90 Å². The van der Waals surface area contributed by atoms with Crippen molar-refractivity contribution in [2.24, 2.45) is 0 Å². The van der Waals surface area contributed by atoms with Gasteiger partial charge in [0.15, 0.2) is 11.6 Å². The Balaban J connectivity index is 0.000000366. The summed E-state index contributed by atoms with van der Waals surface area (Å²) < 4.78 is 6.08. The van der Waals surface area contributed by atoms with E-state index in [1.165, 1.54) is 5.57 Å². The molecule has 1 aliphatic rings. The van der Waals surface area contributed by atoms with Gasteiger partial charge in [0.2, 0.25) is 0 Å². The van der Waals surface area contributed by atoms with E-state index in [9.17, 15) is 9.59 Å². The number of allylic oxidation sites excluding steroid dienone is 4. The van der Waals surface area contributed by atoms with Crippen LogP contribution in [0.4, 0.5) is 5.00 Å². The Kier molecular flexibility index (Phi) is 13.2. The summed E-state index contributed by atoms with van der Waals surface area (Å²) in [6, 6.07) is 0.492. The van der Waals surface area contributed by atoms with Crippen LogP contribution in [0.5, 0.6) is 0 Å². The second kappa shape index (κ2) is 14.7. The van der Waals surface area contributed by atoms with Crippen molar-refractivity contribution in [2.75, 3.05) is 24.7 Å². The van der Waals surface area contributed by atoms with Crippen molar-refractivity contribution in [3.8, 4) is 0 Å². The van der Waals surface area contributed by atoms with E-state index in [0.29, 0.717) is 23.2 Å². The van der Waals surface area contributed by atoms with Crippen molar-refractivity contribution in [1.29, 1.82) is 0 Å². The molecule has 0 radical (unpaired) electrons. The number of Topliss-reactive ketones (excluding diaryl/α,β-unsaturated/α-hetero) is 2. The fourth-order valence-electron chi connectivity index (χ4n) is 4.23. The molecule has 0 bridgehead atoms. The maximum Gasteiger partial charge on any atom is 0.165 e. The molecule has 0 unspecified atom stereocenters. The summed E-state index contributed by atoms with van der Waals surface area (Å²) in [7, 11) is 0. The fraction of sp³-hybridized carbons (Fsp3) is 0.630. The van der Waals surface area contributed by atoms with Gasteiger partial charge >= 0.3 is 0 Å². The highest BCUT2D eigenvalue weighted by Crippen LogP contribution is 2.41. The first-order valence-corrected chi connectivity index (χ1v) is 13.4. The molecular weight excluding hydrogens is 454 g/mol. The zero-order chi connectivity index (χ0) is 25.1. The largest absolute Gasteiger partial charge is 0.381 e. The quantitative estimate of drug-likeness (QED) is 0.198. The zero-order valence-electron chi connectivity index (χ0n) is 21.8. The number of ether oxygens (including phenoxy) is 1. The van der Waals surface area contributed by atoms with Gasteiger partial charge in [0, 0.05) is 38.6 Å². The topological polar surface area (TPSA) is 46.6 Å². The van der Waals surface area contributed by atoms with Crippen LogP contribution in [-0.2, 0) is 9.53 Å². The van der Waals surface area contributed by atoms with Crippen LogP contribution in [0.15, 0.2) is 22.8 Å². The molecule has 1 saturated heterocycles. The molecule has 0 amide bonds. The number of carbonyl (C=O) groups is 2. The Hall–Kier alpha value is -1.43. The van der Waals surface area contributed by atoms with Crippen molar-refractivity contribution in [3.63, 3.8) is 0 Å². The number of thiophene rings is 1. The van der Waals surface area contributed by atoms with Gasteiger partial charge in [-0.3, -0.25) is 9.59 Å². The molecule has 1 aromatic heterocycles. The lowest BCUT2D eigenvalue weighted by molar-refractivity contribution is -0.115. The summed E-state index contributed by atoms with van der Waals surface area (Å²) >= 11 is 7.85. The SMILES string of the molecule is CCC(=O)/C(CC)=C(/C)C=C(C)C.CCC(=O)c1c(Cl)sc(N(CC)C2CCOCC2)c1C. The van der Waals surface area contributed by atoms with Crippen LogP contribution in [-0.4, -0.2) is 37.4 Å². The Labute approximate surface area is 210 Å². The van der Waals surface area contributed by atoms with Crippen molar-refractivity contribution >= 4 is 39.5 Å². The van der Waals surface area contributed by atoms with Crippen LogP contribution in [0, 0.1) is 6.92 Å². The molecule has 1 aromatic rings. The van der Waals surface area contributed by atoms with E-state index in [1.54, 1.807) is 11.3 Å². The molecule has 1 aliphatic heterocycles. The van der Waals surface area contributed by atoms with E-state index in [4.69, 9.17) is 16.3 Å². The minimum absolute atomic E-state index is 0.137. The van der Waals surface area contributed by atoms with Crippen LogP contribution >= 0.6 is 22.9 Å². The Bertz CT molecular complexity index is 859. The van der Waals surface area contributed by atoms with Crippen LogP contribution in [0.2, 0.25) is 4.34 Å². The molecule has 1 fully saturated rings. The lowest BCUT2D eigenvalue weighted by Gasteiger charge is -2.34. The second-order valence-corrected chi connectivity index (χ2v) is 10.2. The van der Waals surface area contributed by atoms with Crippen LogP contribution in [0.3, 0.4) is 0 Å². The average Bonchev–Trinajstić information content (AvgIpc) is 3.08. The van der Waals surface area contributed by atoms with Gasteiger partial charge in [0.1, 0.15) is 4.34 Å². The van der Waals surface area contributed by atoms with Gasteiger partial charge in [-0.15, -0.1) is 11.3 Å². The van der Waals surface area contributed by atoms with Gasteiger partial charge in [-0.05, 0) is 70.6 Å². The summed E-state index contributed by atoms with van der Waals surface area (Å²) in [5.41, 5.74) is 5.10. The van der Waals surface area contributed by atoms with Crippen LogP contribution in [0.1, 0.15) is 96.5 Å². The molecule has 0 saturated carbocycles. The lowest BCUT2D eigenvalue weighted by atomic mass is 10.00. The summed E-state index contributed by atoms with van der Waals surface area (Å²) in [4.78, 5) is 25.9. The molecule has 6 heteroatoms. The normalized spacial score (nSPS) is 14.7. The van der Waals surface area contributed by atoms with E-state index in [0.717, 1.165) is 66.3 Å². The third kappa shape index (κ3) is 8.38. The van der Waals surface area contributed by atoms with Gasteiger partial charge < -0.3 is 9.64 Å². The highest BCUT2D eigenvalue weighted by Gasteiger charge is 2.27. The lowest BCUT2D eigenvalue weighted by Crippen LogP contribution is -2.39. The first kappa shape index (κ1) is 29.6.